The van der Waals surface area contributed by atoms with Gasteiger partial charge in [-0.15, -0.1) is 5.10 Å². The van der Waals surface area contributed by atoms with Crippen molar-refractivity contribution in [2.45, 2.75) is 64.8 Å². The van der Waals surface area contributed by atoms with Crippen molar-refractivity contribution >= 4 is 12.1 Å². The minimum Gasteiger partial charge on any atom is -0.462 e. The summed E-state index contributed by atoms with van der Waals surface area (Å²) in [7, 11) is 0. The third-order valence-corrected chi connectivity index (χ3v) is 5.74. The monoisotopic (exact) mass is 476 g/mol. The summed E-state index contributed by atoms with van der Waals surface area (Å²) in [5.41, 5.74) is 2.82. The first-order valence-electron chi connectivity index (χ1n) is 11.9. The number of hydrogen-bond donors (Lipinski definition) is 0. The summed E-state index contributed by atoms with van der Waals surface area (Å²) in [5.74, 6) is -0.0464. The Labute approximate surface area is 205 Å². The summed E-state index contributed by atoms with van der Waals surface area (Å²) in [6.45, 7) is 8.55. The molecule has 8 nitrogen and oxygen atoms in total. The zero-order valence-corrected chi connectivity index (χ0v) is 20.7. The van der Waals surface area contributed by atoms with Crippen LogP contribution in [0.25, 0.3) is 0 Å². The molecule has 0 spiro atoms. The van der Waals surface area contributed by atoms with Crippen LogP contribution in [0.2, 0.25) is 0 Å². The lowest BCUT2D eigenvalue weighted by Crippen LogP contribution is -2.38. The average Bonchev–Trinajstić information content (AvgIpc) is 3.49. The molecule has 2 unspecified atom stereocenters. The van der Waals surface area contributed by atoms with E-state index in [1.54, 1.807) is 28.6 Å². The maximum Gasteiger partial charge on any atom is 0.410 e. The first kappa shape index (κ1) is 24.4. The van der Waals surface area contributed by atoms with Crippen molar-refractivity contribution in [1.82, 2.24) is 19.9 Å². The first-order valence-corrected chi connectivity index (χ1v) is 11.9. The average molecular weight is 477 g/mol. The van der Waals surface area contributed by atoms with Crippen LogP contribution >= 0.6 is 0 Å². The van der Waals surface area contributed by atoms with Crippen molar-refractivity contribution in [3.8, 4) is 0 Å². The van der Waals surface area contributed by atoms with Crippen LogP contribution in [0.15, 0.2) is 60.8 Å². The number of ether oxygens (including phenoxy) is 2. The van der Waals surface area contributed by atoms with Gasteiger partial charge in [0.2, 0.25) is 0 Å². The van der Waals surface area contributed by atoms with Crippen molar-refractivity contribution in [1.29, 1.82) is 0 Å². The molecule has 3 aromatic rings. The third kappa shape index (κ3) is 6.47. The highest BCUT2D eigenvalue weighted by Crippen LogP contribution is 2.45. The van der Waals surface area contributed by atoms with Gasteiger partial charge in [-0.1, -0.05) is 47.7 Å². The molecule has 0 radical (unpaired) electrons. The zero-order valence-electron chi connectivity index (χ0n) is 20.7. The fraction of sp³-hybridized carbons (Fsp3) is 0.407. The van der Waals surface area contributed by atoms with Gasteiger partial charge in [-0.05, 0) is 57.4 Å². The molecule has 1 aliphatic rings. The Morgan fingerprint density at radius 1 is 1.09 bits per heavy atom. The lowest BCUT2D eigenvalue weighted by molar-refractivity contribution is 0.0210. The number of amides is 1. The van der Waals surface area contributed by atoms with Gasteiger partial charge in [0.25, 0.3) is 0 Å². The van der Waals surface area contributed by atoms with Crippen molar-refractivity contribution in [3.63, 3.8) is 0 Å². The molecule has 0 N–H and O–H groups in total. The molecule has 1 aliphatic carbocycles. The number of esters is 1. The van der Waals surface area contributed by atoms with E-state index in [1.165, 1.54) is 5.56 Å². The van der Waals surface area contributed by atoms with Gasteiger partial charge in [-0.25, -0.2) is 14.3 Å². The number of aromatic nitrogens is 3. The maximum absolute atomic E-state index is 13.1. The molecule has 1 aromatic heterocycles. The van der Waals surface area contributed by atoms with E-state index in [0.29, 0.717) is 31.0 Å². The van der Waals surface area contributed by atoms with Crippen molar-refractivity contribution in [2.24, 2.45) is 0 Å². The molecular formula is C27H32N4O4. The molecule has 1 fully saturated rings. The smallest absolute Gasteiger partial charge is 0.410 e. The molecule has 35 heavy (non-hydrogen) atoms. The number of nitrogens with zero attached hydrogens (tertiary/aromatic N) is 4. The zero-order chi connectivity index (χ0) is 25.0. The van der Waals surface area contributed by atoms with E-state index in [-0.39, 0.29) is 24.0 Å². The van der Waals surface area contributed by atoms with Gasteiger partial charge in [0, 0.05) is 12.0 Å². The Balaban J connectivity index is 1.44. The summed E-state index contributed by atoms with van der Waals surface area (Å²) in [6.07, 6.45) is 2.39. The fourth-order valence-corrected chi connectivity index (χ4v) is 4.03. The molecule has 2 atom stereocenters. The lowest BCUT2D eigenvalue weighted by Gasteiger charge is -2.27. The second-order valence-electron chi connectivity index (χ2n) is 9.75. The standard InChI is InChI=1S/C27H32N4O4/c1-5-34-25(32)21-13-11-19(12-14-21)16-30-17-22(28-29-30)18-31(26(33)35-27(2,3)4)24-15-23(24)20-9-7-6-8-10-20/h6-14,17,23-24H,5,15-16,18H2,1-4H3. The summed E-state index contributed by atoms with van der Waals surface area (Å²) in [5, 5.41) is 8.54. The van der Waals surface area contributed by atoms with Crippen LogP contribution in [-0.4, -0.2) is 50.2 Å². The molecule has 1 saturated carbocycles. The minimum absolute atomic E-state index is 0.0628. The van der Waals surface area contributed by atoms with Crippen LogP contribution < -0.4 is 0 Å². The summed E-state index contributed by atoms with van der Waals surface area (Å²) in [6, 6.07) is 17.5. The molecule has 0 aliphatic heterocycles. The predicted octanol–water partition coefficient (Wildman–Crippen LogP) is 4.80. The van der Waals surface area contributed by atoms with Crippen molar-refractivity contribution in [2.75, 3.05) is 6.61 Å². The van der Waals surface area contributed by atoms with Gasteiger partial charge in [0.05, 0.1) is 31.5 Å². The fourth-order valence-electron chi connectivity index (χ4n) is 4.03. The summed E-state index contributed by atoms with van der Waals surface area (Å²) < 4.78 is 12.5. The normalized spacial score (nSPS) is 17.0. The first-order chi connectivity index (χ1) is 16.7. The minimum atomic E-state index is -0.584. The molecule has 4 rings (SSSR count). The predicted molar refractivity (Wildman–Crippen MR) is 131 cm³/mol. The molecule has 2 aromatic carbocycles. The molecule has 0 bridgehead atoms. The van der Waals surface area contributed by atoms with E-state index >= 15 is 0 Å². The van der Waals surface area contributed by atoms with Gasteiger partial charge < -0.3 is 9.47 Å². The number of benzene rings is 2. The van der Waals surface area contributed by atoms with Crippen LogP contribution in [0.5, 0.6) is 0 Å². The maximum atomic E-state index is 13.1. The van der Waals surface area contributed by atoms with Crippen LogP contribution in [0.1, 0.15) is 67.2 Å². The SMILES string of the molecule is CCOC(=O)c1ccc(Cn2cc(CN(C(=O)OC(C)(C)C)C3CC3c3ccccc3)nn2)cc1. The Bertz CT molecular complexity index is 1150. The molecule has 184 valence electrons. The summed E-state index contributed by atoms with van der Waals surface area (Å²) in [4.78, 5) is 26.7. The van der Waals surface area contributed by atoms with Crippen molar-refractivity contribution in [3.05, 3.63) is 83.2 Å². The van der Waals surface area contributed by atoms with Crippen LogP contribution in [0.3, 0.4) is 0 Å². The van der Waals surface area contributed by atoms with Gasteiger partial charge in [-0.3, -0.25) is 4.90 Å². The van der Waals surface area contributed by atoms with Crippen LogP contribution in [0, 0.1) is 0 Å². The Hall–Kier alpha value is -3.68. The quantitative estimate of drug-likeness (QED) is 0.434. The molecular weight excluding hydrogens is 444 g/mol. The largest absolute Gasteiger partial charge is 0.462 e. The van der Waals surface area contributed by atoms with Crippen LogP contribution in [0.4, 0.5) is 4.79 Å². The Morgan fingerprint density at radius 3 is 2.46 bits per heavy atom. The van der Waals surface area contributed by atoms with Gasteiger partial charge in [0.1, 0.15) is 11.3 Å². The third-order valence-electron chi connectivity index (χ3n) is 5.74. The van der Waals surface area contributed by atoms with Gasteiger partial charge in [0.15, 0.2) is 0 Å². The highest BCUT2D eigenvalue weighted by Gasteiger charge is 2.46. The lowest BCUT2D eigenvalue weighted by atomic mass is 10.1. The van der Waals surface area contributed by atoms with E-state index in [4.69, 9.17) is 9.47 Å². The van der Waals surface area contributed by atoms with Crippen molar-refractivity contribution < 1.29 is 19.1 Å². The highest BCUT2D eigenvalue weighted by atomic mass is 16.6. The molecule has 0 saturated heterocycles. The van der Waals surface area contributed by atoms with Gasteiger partial charge >= 0.3 is 12.1 Å². The number of carbonyl (C=O) groups excluding carboxylic acids is 2. The Kier molecular flexibility index (Phi) is 7.19. The number of carbonyl (C=O) groups is 2. The molecule has 1 heterocycles. The Morgan fingerprint density at radius 2 is 1.80 bits per heavy atom. The van der Waals surface area contributed by atoms with Crippen LogP contribution in [-0.2, 0) is 22.6 Å². The topological polar surface area (TPSA) is 86.5 Å². The van der Waals surface area contributed by atoms with E-state index in [9.17, 15) is 9.59 Å². The highest BCUT2D eigenvalue weighted by molar-refractivity contribution is 5.89. The second-order valence-corrected chi connectivity index (χ2v) is 9.75. The molecule has 8 heteroatoms. The molecule has 1 amide bonds. The number of hydrogen-bond acceptors (Lipinski definition) is 6. The number of rotatable bonds is 8. The second kappa shape index (κ2) is 10.3. The van der Waals surface area contributed by atoms with E-state index in [2.05, 4.69) is 22.4 Å². The van der Waals surface area contributed by atoms with Gasteiger partial charge in [-0.2, -0.15) is 0 Å². The van der Waals surface area contributed by atoms with E-state index in [0.717, 1.165) is 12.0 Å². The van der Waals surface area contributed by atoms with E-state index in [1.807, 2.05) is 57.3 Å². The van der Waals surface area contributed by atoms with E-state index < -0.39 is 5.60 Å². The summed E-state index contributed by atoms with van der Waals surface area (Å²) >= 11 is 0.